The number of benzene rings is 1. The standard InChI is InChI=1S/C13H20.C10H16.2C2H6/c1-5-6-7-13-11(3)8-10(2)9-12(13)4;1-8(2)6-7-10(5)9(3)4;2*1-2/h8-9H,5-7H2,1-4H3;6,8H,3H2,1-2,4-5H3;2*1-2H3. The van der Waals surface area contributed by atoms with Gasteiger partial charge >= 0.3 is 0 Å². The Hall–Kier alpha value is -1.52. The minimum Gasteiger partial charge on any atom is -0.121 e. The Morgan fingerprint density at radius 3 is 1.78 bits per heavy atom. The fourth-order valence-corrected chi connectivity index (χ4v) is 2.37. The zero-order valence-electron chi connectivity index (χ0n) is 20.6. The molecule has 0 aromatic heterocycles. The molecule has 27 heavy (non-hydrogen) atoms. The molecule has 0 fully saturated rings. The van der Waals surface area contributed by atoms with Crippen LogP contribution in [0.4, 0.5) is 0 Å². The summed E-state index contributed by atoms with van der Waals surface area (Å²) in [6, 6.07) is 4.58. The molecule has 0 aliphatic carbocycles. The van der Waals surface area contributed by atoms with E-state index in [1.165, 1.54) is 36.0 Å². The van der Waals surface area contributed by atoms with Gasteiger partial charge in [0, 0.05) is 0 Å². The molecular formula is C27H48. The van der Waals surface area contributed by atoms with Gasteiger partial charge in [-0.25, -0.2) is 0 Å². The van der Waals surface area contributed by atoms with Crippen molar-refractivity contribution in [1.82, 2.24) is 0 Å². The molecule has 0 amide bonds. The first-order valence-corrected chi connectivity index (χ1v) is 10.8. The van der Waals surface area contributed by atoms with Crippen LogP contribution in [0.1, 0.15) is 97.4 Å². The average molecular weight is 373 g/mol. The van der Waals surface area contributed by atoms with Gasteiger partial charge in [-0.2, -0.15) is 0 Å². The summed E-state index contributed by atoms with van der Waals surface area (Å²) >= 11 is 0. The first-order chi connectivity index (χ1) is 12.7. The van der Waals surface area contributed by atoms with Crippen molar-refractivity contribution in [3.05, 3.63) is 63.9 Å². The van der Waals surface area contributed by atoms with Crippen LogP contribution < -0.4 is 0 Å². The molecule has 0 nitrogen and oxygen atoms in total. The molecule has 1 aromatic carbocycles. The molecule has 0 atom stereocenters. The first kappa shape index (κ1) is 30.2. The maximum Gasteiger partial charge on any atom is -0.00713 e. The van der Waals surface area contributed by atoms with Crippen LogP contribution in [-0.4, -0.2) is 0 Å². The molecule has 0 aliphatic heterocycles. The van der Waals surface area contributed by atoms with Gasteiger partial charge in [0.25, 0.3) is 0 Å². The van der Waals surface area contributed by atoms with Gasteiger partial charge in [-0.1, -0.05) is 79.2 Å². The normalized spacial score (nSPS) is 8.78. The lowest BCUT2D eigenvalue weighted by atomic mass is 9.96. The van der Waals surface area contributed by atoms with E-state index in [0.717, 1.165) is 11.1 Å². The van der Waals surface area contributed by atoms with E-state index in [2.05, 4.69) is 72.1 Å². The lowest BCUT2D eigenvalue weighted by molar-refractivity contribution is 0.787. The molecule has 0 spiro atoms. The predicted molar refractivity (Wildman–Crippen MR) is 129 cm³/mol. The van der Waals surface area contributed by atoms with Gasteiger partial charge in [-0.3, -0.25) is 0 Å². The second-order valence-corrected chi connectivity index (χ2v) is 6.94. The third-order valence-corrected chi connectivity index (χ3v) is 3.89. The maximum atomic E-state index is 3.81. The minimum atomic E-state index is 0.578. The average Bonchev–Trinajstić information content (AvgIpc) is 2.62. The lowest BCUT2D eigenvalue weighted by Gasteiger charge is -2.10. The molecular weight excluding hydrogens is 324 g/mol. The van der Waals surface area contributed by atoms with Crippen molar-refractivity contribution in [3.8, 4) is 0 Å². The summed E-state index contributed by atoms with van der Waals surface area (Å²) in [5.41, 5.74) is 11.3. The zero-order valence-corrected chi connectivity index (χ0v) is 20.6. The van der Waals surface area contributed by atoms with Crippen LogP contribution in [0.2, 0.25) is 0 Å². The van der Waals surface area contributed by atoms with Crippen molar-refractivity contribution in [2.75, 3.05) is 0 Å². The van der Waals surface area contributed by atoms with E-state index in [1.54, 1.807) is 5.56 Å². The Kier molecular flexibility index (Phi) is 21.5. The number of unbranched alkanes of at least 4 members (excludes halogenated alkanes) is 1. The molecule has 0 unspecified atom stereocenters. The molecule has 0 heterocycles. The SMILES string of the molecule is C=C(C)C(C)=C=CC(C)C.CC.CC.CCCCc1c(C)cc(C)cc1C. The third-order valence-electron chi connectivity index (χ3n) is 3.89. The Balaban J connectivity index is -0.000000369. The van der Waals surface area contributed by atoms with E-state index < -0.39 is 0 Å². The maximum absolute atomic E-state index is 3.81. The lowest BCUT2D eigenvalue weighted by Crippen LogP contribution is -1.94. The van der Waals surface area contributed by atoms with Gasteiger partial charge in [-0.05, 0) is 87.3 Å². The first-order valence-electron chi connectivity index (χ1n) is 10.8. The summed E-state index contributed by atoms with van der Waals surface area (Å²) < 4.78 is 0. The van der Waals surface area contributed by atoms with E-state index >= 15 is 0 Å². The van der Waals surface area contributed by atoms with Gasteiger partial charge in [0.2, 0.25) is 0 Å². The highest BCUT2D eigenvalue weighted by molar-refractivity contribution is 5.37. The predicted octanol–water partition coefficient (Wildman–Crippen LogP) is 9.33. The Morgan fingerprint density at radius 1 is 1.00 bits per heavy atom. The third kappa shape index (κ3) is 16.4. The van der Waals surface area contributed by atoms with Crippen molar-refractivity contribution in [3.63, 3.8) is 0 Å². The Bertz CT molecular complexity index is 541. The van der Waals surface area contributed by atoms with E-state index in [9.17, 15) is 0 Å². The van der Waals surface area contributed by atoms with E-state index in [4.69, 9.17) is 0 Å². The van der Waals surface area contributed by atoms with Gasteiger partial charge in [0.05, 0.1) is 0 Å². The topological polar surface area (TPSA) is 0 Å². The van der Waals surface area contributed by atoms with Crippen molar-refractivity contribution >= 4 is 0 Å². The van der Waals surface area contributed by atoms with Crippen molar-refractivity contribution < 1.29 is 0 Å². The summed E-state index contributed by atoms with van der Waals surface area (Å²) in [5.74, 6) is 0.578. The number of rotatable bonds is 5. The highest BCUT2D eigenvalue weighted by Gasteiger charge is 2.02. The summed E-state index contributed by atoms with van der Waals surface area (Å²) in [6.07, 6.45) is 5.90. The van der Waals surface area contributed by atoms with Crippen LogP contribution in [0.25, 0.3) is 0 Å². The van der Waals surface area contributed by atoms with Crippen LogP contribution in [0, 0.1) is 26.7 Å². The van der Waals surface area contributed by atoms with Crippen LogP contribution >= 0.6 is 0 Å². The second-order valence-electron chi connectivity index (χ2n) is 6.94. The molecule has 156 valence electrons. The van der Waals surface area contributed by atoms with Crippen molar-refractivity contribution in [2.45, 2.75) is 102 Å². The van der Waals surface area contributed by atoms with E-state index in [1.807, 2.05) is 41.5 Å². The van der Waals surface area contributed by atoms with Gasteiger partial charge in [-0.15, -0.1) is 5.73 Å². The molecule has 0 saturated carbocycles. The molecule has 1 rings (SSSR count). The van der Waals surface area contributed by atoms with Crippen molar-refractivity contribution in [2.24, 2.45) is 5.92 Å². The number of aryl methyl sites for hydroxylation is 3. The second kappa shape index (κ2) is 19.2. The Labute approximate surface area is 172 Å². The highest BCUT2D eigenvalue weighted by Crippen LogP contribution is 2.18. The monoisotopic (exact) mass is 372 g/mol. The summed E-state index contributed by atoms with van der Waals surface area (Å²) in [5, 5.41) is 0. The van der Waals surface area contributed by atoms with Crippen LogP contribution in [-0.2, 0) is 6.42 Å². The van der Waals surface area contributed by atoms with Gasteiger partial charge in [0.15, 0.2) is 0 Å². The minimum absolute atomic E-state index is 0.578. The molecule has 0 N–H and O–H groups in total. The van der Waals surface area contributed by atoms with Crippen LogP contribution in [0.3, 0.4) is 0 Å². The fraction of sp³-hybridized carbons (Fsp3) is 0.593. The molecule has 0 saturated heterocycles. The number of allylic oxidation sites excluding steroid dienone is 2. The van der Waals surface area contributed by atoms with E-state index in [-0.39, 0.29) is 0 Å². The fourth-order valence-electron chi connectivity index (χ4n) is 2.37. The Morgan fingerprint density at radius 2 is 1.44 bits per heavy atom. The largest absolute Gasteiger partial charge is 0.121 e. The molecule has 0 radical (unpaired) electrons. The molecule has 1 aromatic rings. The molecule has 0 heteroatoms. The van der Waals surface area contributed by atoms with Gasteiger partial charge < -0.3 is 0 Å². The summed E-state index contributed by atoms with van der Waals surface area (Å²) in [7, 11) is 0. The van der Waals surface area contributed by atoms with Crippen LogP contribution in [0.5, 0.6) is 0 Å². The van der Waals surface area contributed by atoms with Crippen molar-refractivity contribution in [1.29, 1.82) is 0 Å². The highest BCUT2D eigenvalue weighted by atomic mass is 14.1. The smallest absolute Gasteiger partial charge is 0.00713 e. The van der Waals surface area contributed by atoms with Crippen LogP contribution in [0.15, 0.2) is 41.7 Å². The molecule has 0 bridgehead atoms. The summed E-state index contributed by atoms with van der Waals surface area (Å²) in [6.45, 7) is 29.0. The van der Waals surface area contributed by atoms with Gasteiger partial charge in [0.1, 0.15) is 0 Å². The number of hydrogen-bond acceptors (Lipinski definition) is 0. The number of hydrogen-bond donors (Lipinski definition) is 0. The summed E-state index contributed by atoms with van der Waals surface area (Å²) in [4.78, 5) is 0. The zero-order chi connectivity index (χ0) is 22.0. The quantitative estimate of drug-likeness (QED) is 0.356. The molecule has 0 aliphatic rings. The van der Waals surface area contributed by atoms with E-state index in [0.29, 0.717) is 5.92 Å².